The Labute approximate surface area is 152 Å². The van der Waals surface area contributed by atoms with Crippen LogP contribution in [0.15, 0.2) is 0 Å². The molecule has 0 aromatic heterocycles. The Kier molecular flexibility index (Phi) is 11.2. The Morgan fingerprint density at radius 2 is 1.12 bits per heavy atom. The monoisotopic (exact) mass is 378 g/mol. The normalized spacial score (nSPS) is 15.2. The molecule has 0 aliphatic heterocycles. The Hall–Kier alpha value is -2.20. The van der Waals surface area contributed by atoms with Crippen molar-refractivity contribution in [3.8, 4) is 0 Å². The van der Waals surface area contributed by atoms with Crippen LogP contribution in [0.2, 0.25) is 0 Å². The highest BCUT2D eigenvalue weighted by atomic mass is 16.6. The number of hydrogen-bond donors (Lipinski definition) is 0. The number of ether oxygens (including phenoxy) is 6. The van der Waals surface area contributed by atoms with Gasteiger partial charge >= 0.3 is 23.9 Å². The molecule has 4 atom stereocenters. The fourth-order valence-corrected chi connectivity index (χ4v) is 2.23. The number of rotatable bonds is 11. The summed E-state index contributed by atoms with van der Waals surface area (Å²) in [5, 5.41) is 0. The lowest BCUT2D eigenvalue weighted by Gasteiger charge is -2.34. The van der Waals surface area contributed by atoms with Crippen LogP contribution in [0.4, 0.5) is 0 Å². The first-order chi connectivity index (χ1) is 12.1. The maximum Gasteiger partial charge on any atom is 0.303 e. The first-order valence-electron chi connectivity index (χ1n) is 7.79. The summed E-state index contributed by atoms with van der Waals surface area (Å²) in [7, 11) is 2.68. The second kappa shape index (κ2) is 12.2. The van der Waals surface area contributed by atoms with Gasteiger partial charge in [-0.3, -0.25) is 19.2 Å². The minimum atomic E-state index is -1.22. The molecule has 0 heterocycles. The van der Waals surface area contributed by atoms with E-state index >= 15 is 0 Å². The van der Waals surface area contributed by atoms with Gasteiger partial charge in [-0.05, 0) is 0 Å². The van der Waals surface area contributed by atoms with Crippen molar-refractivity contribution in [2.75, 3.05) is 27.4 Å². The average molecular weight is 378 g/mol. The molecule has 0 radical (unpaired) electrons. The van der Waals surface area contributed by atoms with E-state index in [1.807, 2.05) is 0 Å². The number of esters is 4. The Bertz CT molecular complexity index is 489. The smallest absolute Gasteiger partial charge is 0.303 e. The molecule has 150 valence electrons. The minimum Gasteiger partial charge on any atom is -0.462 e. The van der Waals surface area contributed by atoms with Crippen molar-refractivity contribution < 1.29 is 47.6 Å². The molecule has 0 N–H and O–H groups in total. The van der Waals surface area contributed by atoms with E-state index in [2.05, 4.69) is 0 Å². The molecule has 0 saturated heterocycles. The van der Waals surface area contributed by atoms with Crippen LogP contribution in [0.5, 0.6) is 0 Å². The summed E-state index contributed by atoms with van der Waals surface area (Å²) >= 11 is 0. The van der Waals surface area contributed by atoms with Crippen LogP contribution in [0.25, 0.3) is 0 Å². The van der Waals surface area contributed by atoms with Crippen molar-refractivity contribution in [2.45, 2.75) is 52.1 Å². The molecule has 0 amide bonds. The average Bonchev–Trinajstić information content (AvgIpc) is 2.50. The zero-order valence-corrected chi connectivity index (χ0v) is 15.8. The van der Waals surface area contributed by atoms with Crippen LogP contribution in [0.1, 0.15) is 27.7 Å². The van der Waals surface area contributed by atoms with Crippen LogP contribution in [-0.2, 0) is 47.6 Å². The van der Waals surface area contributed by atoms with E-state index < -0.39 is 48.3 Å². The van der Waals surface area contributed by atoms with Gasteiger partial charge in [0.2, 0.25) is 0 Å². The maximum atomic E-state index is 11.5. The van der Waals surface area contributed by atoms with Crippen molar-refractivity contribution in [3.05, 3.63) is 0 Å². The molecule has 0 aromatic rings. The highest BCUT2D eigenvalue weighted by Gasteiger charge is 2.41. The van der Waals surface area contributed by atoms with Crippen molar-refractivity contribution in [3.63, 3.8) is 0 Å². The second-order valence-corrected chi connectivity index (χ2v) is 5.33. The van der Waals surface area contributed by atoms with E-state index in [0.717, 1.165) is 13.8 Å². The largest absolute Gasteiger partial charge is 0.462 e. The van der Waals surface area contributed by atoms with Crippen molar-refractivity contribution in [2.24, 2.45) is 0 Å². The fourth-order valence-electron chi connectivity index (χ4n) is 2.23. The first kappa shape index (κ1) is 23.8. The topological polar surface area (TPSA) is 124 Å². The van der Waals surface area contributed by atoms with Gasteiger partial charge in [-0.2, -0.15) is 0 Å². The number of hydrogen-bond acceptors (Lipinski definition) is 10. The quantitative estimate of drug-likeness (QED) is 0.358. The van der Waals surface area contributed by atoms with Gasteiger partial charge in [0, 0.05) is 41.9 Å². The third-order valence-electron chi connectivity index (χ3n) is 3.05. The molecule has 0 saturated carbocycles. The summed E-state index contributed by atoms with van der Waals surface area (Å²) in [5.41, 5.74) is 0. The number of carbonyl (C=O) groups excluding carboxylic acids is 4. The highest BCUT2D eigenvalue weighted by Crippen LogP contribution is 2.19. The third kappa shape index (κ3) is 9.33. The summed E-state index contributed by atoms with van der Waals surface area (Å²) < 4.78 is 30.7. The van der Waals surface area contributed by atoms with Gasteiger partial charge in [-0.1, -0.05) is 0 Å². The van der Waals surface area contributed by atoms with Crippen LogP contribution < -0.4 is 0 Å². The van der Waals surface area contributed by atoms with Gasteiger partial charge in [0.25, 0.3) is 0 Å². The fraction of sp³-hybridized carbons (Fsp3) is 0.750. The molecule has 0 bridgehead atoms. The van der Waals surface area contributed by atoms with Crippen LogP contribution in [0.3, 0.4) is 0 Å². The Morgan fingerprint density at radius 1 is 0.654 bits per heavy atom. The van der Waals surface area contributed by atoms with Gasteiger partial charge in [0.05, 0.1) is 6.61 Å². The summed E-state index contributed by atoms with van der Waals surface area (Å²) in [5.74, 6) is -2.62. The maximum absolute atomic E-state index is 11.5. The van der Waals surface area contributed by atoms with E-state index in [9.17, 15) is 19.2 Å². The van der Waals surface area contributed by atoms with E-state index in [4.69, 9.17) is 28.4 Å². The Balaban J connectivity index is 5.74. The standard InChI is InChI=1S/C16H26O10/c1-9(17)23-8-14(25-11(3)19)16(26-12(4)20)15(22-6)13(7-21-5)24-10(2)18/h13-16H,7-8H2,1-6H3/t13-,14+,15-,16-/m1/s1. The molecule has 0 aliphatic rings. The van der Waals surface area contributed by atoms with Crippen LogP contribution >= 0.6 is 0 Å². The summed E-state index contributed by atoms with van der Waals surface area (Å²) in [6.07, 6.45) is -4.43. The molecular formula is C16H26O10. The molecule has 26 heavy (non-hydrogen) atoms. The molecule has 0 aromatic carbocycles. The van der Waals surface area contributed by atoms with Crippen molar-refractivity contribution in [1.82, 2.24) is 0 Å². The van der Waals surface area contributed by atoms with E-state index in [-0.39, 0.29) is 13.2 Å². The molecule has 0 spiro atoms. The molecule has 10 nitrogen and oxygen atoms in total. The lowest BCUT2D eigenvalue weighted by atomic mass is 10.0. The van der Waals surface area contributed by atoms with Crippen molar-refractivity contribution in [1.29, 1.82) is 0 Å². The minimum absolute atomic E-state index is 0.0732. The van der Waals surface area contributed by atoms with Gasteiger partial charge < -0.3 is 28.4 Å². The number of carbonyl (C=O) groups is 4. The van der Waals surface area contributed by atoms with Gasteiger partial charge in [-0.15, -0.1) is 0 Å². The van der Waals surface area contributed by atoms with Gasteiger partial charge in [0.1, 0.15) is 12.7 Å². The van der Waals surface area contributed by atoms with Crippen molar-refractivity contribution >= 4 is 23.9 Å². The molecule has 0 fully saturated rings. The van der Waals surface area contributed by atoms with Gasteiger partial charge in [0.15, 0.2) is 18.3 Å². The van der Waals surface area contributed by atoms with Crippen LogP contribution in [-0.4, -0.2) is 75.7 Å². The van der Waals surface area contributed by atoms with E-state index in [0.29, 0.717) is 0 Å². The summed E-state index contributed by atoms with van der Waals surface area (Å²) in [6, 6.07) is 0. The predicted molar refractivity (Wildman–Crippen MR) is 86.0 cm³/mol. The molecule has 0 rings (SSSR count). The number of methoxy groups -OCH3 is 2. The zero-order valence-electron chi connectivity index (χ0n) is 15.8. The predicted octanol–water partition coefficient (Wildman–Crippen LogP) is 0.00600. The lowest BCUT2D eigenvalue weighted by Crippen LogP contribution is -2.53. The van der Waals surface area contributed by atoms with E-state index in [1.165, 1.54) is 28.1 Å². The highest BCUT2D eigenvalue weighted by molar-refractivity contribution is 5.68. The molecule has 10 heteroatoms. The summed E-state index contributed by atoms with van der Waals surface area (Å²) in [6.45, 7) is 4.20. The third-order valence-corrected chi connectivity index (χ3v) is 3.05. The van der Waals surface area contributed by atoms with Crippen LogP contribution in [0, 0.1) is 0 Å². The summed E-state index contributed by atoms with van der Waals surface area (Å²) in [4.78, 5) is 45.4. The van der Waals surface area contributed by atoms with E-state index in [1.54, 1.807) is 0 Å². The molecule has 0 unspecified atom stereocenters. The SMILES string of the molecule is COC[C@@H](OC(C)=O)[C@@H](OC)[C@H](OC(C)=O)[C@H](COC(C)=O)OC(C)=O. The zero-order chi connectivity index (χ0) is 20.3. The molecule has 0 aliphatic carbocycles. The molecular weight excluding hydrogens is 352 g/mol. The Morgan fingerprint density at radius 3 is 1.46 bits per heavy atom. The first-order valence-corrected chi connectivity index (χ1v) is 7.79. The lowest BCUT2D eigenvalue weighted by molar-refractivity contribution is -0.199. The van der Waals surface area contributed by atoms with Gasteiger partial charge in [-0.25, -0.2) is 0 Å². The second-order valence-electron chi connectivity index (χ2n) is 5.33.